The fourth-order valence-electron chi connectivity index (χ4n) is 3.07. The van der Waals surface area contributed by atoms with Crippen LogP contribution in [0.25, 0.3) is 0 Å². The third-order valence-electron chi connectivity index (χ3n) is 4.86. The summed E-state index contributed by atoms with van der Waals surface area (Å²) in [7, 11) is 3.17. The van der Waals surface area contributed by atoms with Crippen LogP contribution in [0.4, 0.5) is 4.79 Å². The maximum Gasteiger partial charge on any atom is 0.321 e. The third-order valence-corrected chi connectivity index (χ3v) is 4.86. The van der Waals surface area contributed by atoms with Crippen molar-refractivity contribution in [2.24, 2.45) is 0 Å². The van der Waals surface area contributed by atoms with Crippen LogP contribution < -0.4 is 15.4 Å². The van der Waals surface area contributed by atoms with E-state index in [1.807, 2.05) is 19.1 Å². The van der Waals surface area contributed by atoms with Crippen LogP contribution in [-0.2, 0) is 4.79 Å². The van der Waals surface area contributed by atoms with Crippen molar-refractivity contribution in [1.29, 1.82) is 0 Å². The van der Waals surface area contributed by atoms with Crippen LogP contribution in [0.1, 0.15) is 25.5 Å². The number of methoxy groups -OCH3 is 1. The van der Waals surface area contributed by atoms with Crippen molar-refractivity contribution >= 4 is 11.9 Å². The van der Waals surface area contributed by atoms with Gasteiger partial charge in [-0.2, -0.15) is 0 Å². The average Bonchev–Trinajstić information content (AvgIpc) is 2.66. The zero-order chi connectivity index (χ0) is 18.4. The van der Waals surface area contributed by atoms with Crippen LogP contribution in [0.15, 0.2) is 24.3 Å². The number of nitrogens with one attached hydrogen (secondary N) is 2. The molecule has 1 aromatic rings. The molecule has 7 nitrogen and oxygen atoms in total. The lowest BCUT2D eigenvalue weighted by Gasteiger charge is -2.40. The largest absolute Gasteiger partial charge is 0.497 e. The highest BCUT2D eigenvalue weighted by Crippen LogP contribution is 2.25. The SMILES string of the molecule is CNC(=O)NC(=O)[C@@H](C)N1CCN([C@@H](C)c2cccc(OC)c2)CC1. The highest BCUT2D eigenvalue weighted by atomic mass is 16.5. The monoisotopic (exact) mass is 348 g/mol. The highest BCUT2D eigenvalue weighted by Gasteiger charge is 2.28. The summed E-state index contributed by atoms with van der Waals surface area (Å²) >= 11 is 0. The van der Waals surface area contributed by atoms with E-state index in [2.05, 4.69) is 39.5 Å². The molecule has 138 valence electrons. The first kappa shape index (κ1) is 19.2. The zero-order valence-electron chi connectivity index (χ0n) is 15.4. The predicted octanol–water partition coefficient (Wildman–Crippen LogP) is 1.22. The van der Waals surface area contributed by atoms with Gasteiger partial charge in [-0.25, -0.2) is 4.79 Å². The van der Waals surface area contributed by atoms with Crippen LogP contribution in [0, 0.1) is 0 Å². The molecule has 2 atom stereocenters. The Balaban J connectivity index is 1.90. The van der Waals surface area contributed by atoms with Gasteiger partial charge in [0.05, 0.1) is 13.2 Å². The summed E-state index contributed by atoms with van der Waals surface area (Å²) in [6.45, 7) is 7.34. The van der Waals surface area contributed by atoms with Crippen molar-refractivity contribution in [3.63, 3.8) is 0 Å². The smallest absolute Gasteiger partial charge is 0.321 e. The van der Waals surface area contributed by atoms with E-state index < -0.39 is 6.03 Å². The first-order valence-corrected chi connectivity index (χ1v) is 8.61. The van der Waals surface area contributed by atoms with Crippen molar-refractivity contribution in [3.8, 4) is 5.75 Å². The number of rotatable bonds is 5. The van der Waals surface area contributed by atoms with Gasteiger partial charge in [0.1, 0.15) is 5.75 Å². The van der Waals surface area contributed by atoms with Crippen LogP contribution in [-0.4, -0.2) is 68.1 Å². The van der Waals surface area contributed by atoms with Gasteiger partial charge >= 0.3 is 6.03 Å². The molecule has 2 rings (SSSR count). The van der Waals surface area contributed by atoms with Gasteiger partial charge in [0, 0.05) is 39.3 Å². The Bertz CT molecular complexity index is 600. The van der Waals surface area contributed by atoms with Crippen molar-refractivity contribution < 1.29 is 14.3 Å². The average molecular weight is 348 g/mol. The number of carbonyl (C=O) groups is 2. The minimum atomic E-state index is -0.470. The number of amides is 3. The number of piperazine rings is 1. The molecule has 7 heteroatoms. The molecule has 25 heavy (non-hydrogen) atoms. The van der Waals surface area contributed by atoms with Gasteiger partial charge in [-0.1, -0.05) is 12.1 Å². The standard InChI is InChI=1S/C18H28N4O3/c1-13(15-6-5-7-16(12-15)25-4)21-8-10-22(11-9-21)14(2)17(23)20-18(24)19-3/h5-7,12-14H,8-11H2,1-4H3,(H2,19,20,23,24)/t13-,14+/m0/s1. The van der Waals surface area contributed by atoms with E-state index >= 15 is 0 Å². The van der Waals surface area contributed by atoms with E-state index in [4.69, 9.17) is 4.74 Å². The highest BCUT2D eigenvalue weighted by molar-refractivity contribution is 5.96. The van der Waals surface area contributed by atoms with Gasteiger partial charge in [0.2, 0.25) is 5.91 Å². The van der Waals surface area contributed by atoms with Gasteiger partial charge < -0.3 is 10.1 Å². The van der Waals surface area contributed by atoms with E-state index in [9.17, 15) is 9.59 Å². The molecule has 0 spiro atoms. The molecule has 1 aliphatic rings. The summed E-state index contributed by atoms with van der Waals surface area (Å²) in [5, 5.41) is 4.74. The van der Waals surface area contributed by atoms with Gasteiger partial charge in [0.25, 0.3) is 0 Å². The Morgan fingerprint density at radius 1 is 1.12 bits per heavy atom. The molecule has 0 aliphatic carbocycles. The molecule has 1 aliphatic heterocycles. The molecular formula is C18H28N4O3. The maximum atomic E-state index is 12.1. The number of nitrogens with zero attached hydrogens (tertiary/aromatic N) is 2. The summed E-state index contributed by atoms with van der Waals surface area (Å²) in [6, 6.07) is 7.61. The topological polar surface area (TPSA) is 73.9 Å². The lowest BCUT2D eigenvalue weighted by molar-refractivity contribution is -0.125. The fraction of sp³-hybridized carbons (Fsp3) is 0.556. The van der Waals surface area contributed by atoms with Crippen molar-refractivity contribution in [3.05, 3.63) is 29.8 Å². The van der Waals surface area contributed by atoms with E-state index in [-0.39, 0.29) is 18.0 Å². The molecule has 3 amide bonds. The first-order chi connectivity index (χ1) is 12.0. The molecule has 1 heterocycles. The van der Waals surface area contributed by atoms with Gasteiger partial charge in [0.15, 0.2) is 0 Å². The number of imide groups is 1. The Kier molecular flexibility index (Phi) is 6.78. The Morgan fingerprint density at radius 3 is 2.36 bits per heavy atom. The summed E-state index contributed by atoms with van der Waals surface area (Å²) in [5.41, 5.74) is 1.22. The van der Waals surface area contributed by atoms with E-state index in [1.54, 1.807) is 7.11 Å². The summed E-state index contributed by atoms with van der Waals surface area (Å²) in [5.74, 6) is 0.594. The maximum absolute atomic E-state index is 12.1. The molecule has 0 unspecified atom stereocenters. The number of ether oxygens (including phenoxy) is 1. The second kappa shape index (κ2) is 8.82. The molecule has 0 bridgehead atoms. The molecule has 2 N–H and O–H groups in total. The molecular weight excluding hydrogens is 320 g/mol. The van der Waals surface area contributed by atoms with Crippen molar-refractivity contribution in [2.45, 2.75) is 25.9 Å². The van der Waals surface area contributed by atoms with Crippen LogP contribution in [0.3, 0.4) is 0 Å². The Labute approximate surface area is 149 Å². The van der Waals surface area contributed by atoms with Crippen LogP contribution in [0.5, 0.6) is 5.75 Å². The fourth-order valence-corrected chi connectivity index (χ4v) is 3.07. The molecule has 0 saturated carbocycles. The first-order valence-electron chi connectivity index (χ1n) is 8.61. The summed E-state index contributed by atoms with van der Waals surface area (Å²) in [6.07, 6.45) is 0. The number of hydrogen-bond acceptors (Lipinski definition) is 5. The van der Waals surface area contributed by atoms with Gasteiger partial charge in [-0.15, -0.1) is 0 Å². The Hall–Kier alpha value is -2.12. The Morgan fingerprint density at radius 2 is 1.76 bits per heavy atom. The van der Waals surface area contributed by atoms with Gasteiger partial charge in [-0.05, 0) is 31.5 Å². The minimum absolute atomic E-state index is 0.270. The summed E-state index contributed by atoms with van der Waals surface area (Å²) in [4.78, 5) is 27.9. The lowest BCUT2D eigenvalue weighted by atomic mass is 10.1. The van der Waals surface area contributed by atoms with E-state index in [0.717, 1.165) is 31.9 Å². The second-order valence-corrected chi connectivity index (χ2v) is 6.27. The molecule has 1 aromatic carbocycles. The number of urea groups is 1. The van der Waals surface area contributed by atoms with Crippen molar-refractivity contribution in [1.82, 2.24) is 20.4 Å². The van der Waals surface area contributed by atoms with Crippen molar-refractivity contribution in [2.75, 3.05) is 40.3 Å². The van der Waals surface area contributed by atoms with E-state index in [1.165, 1.54) is 12.6 Å². The molecule has 1 fully saturated rings. The number of benzene rings is 1. The molecule has 0 radical (unpaired) electrons. The van der Waals surface area contributed by atoms with E-state index in [0.29, 0.717) is 0 Å². The number of carbonyl (C=O) groups excluding carboxylic acids is 2. The van der Waals surface area contributed by atoms with Crippen LogP contribution in [0.2, 0.25) is 0 Å². The quantitative estimate of drug-likeness (QED) is 0.837. The van der Waals surface area contributed by atoms with Crippen LogP contribution >= 0.6 is 0 Å². The predicted molar refractivity (Wildman–Crippen MR) is 96.6 cm³/mol. The number of hydrogen-bond donors (Lipinski definition) is 2. The lowest BCUT2D eigenvalue weighted by Crippen LogP contribution is -2.55. The zero-order valence-corrected chi connectivity index (χ0v) is 15.4. The molecule has 1 saturated heterocycles. The van der Waals surface area contributed by atoms with Gasteiger partial charge in [-0.3, -0.25) is 19.9 Å². The second-order valence-electron chi connectivity index (χ2n) is 6.27. The third kappa shape index (κ3) is 4.93. The molecule has 0 aromatic heterocycles. The summed E-state index contributed by atoms with van der Waals surface area (Å²) < 4.78 is 5.30. The minimum Gasteiger partial charge on any atom is -0.497 e. The normalized spacial score (nSPS) is 18.2.